The van der Waals surface area contributed by atoms with E-state index in [-0.39, 0.29) is 10.1 Å². The summed E-state index contributed by atoms with van der Waals surface area (Å²) in [6.45, 7) is 0.466. The fourth-order valence-corrected chi connectivity index (χ4v) is 3.41. The van der Waals surface area contributed by atoms with Gasteiger partial charge in [-0.25, -0.2) is 4.98 Å². The highest BCUT2D eigenvalue weighted by molar-refractivity contribution is 8.03. The van der Waals surface area contributed by atoms with E-state index in [2.05, 4.69) is 4.98 Å². The number of oxazole rings is 1. The van der Waals surface area contributed by atoms with Gasteiger partial charge in [0.15, 0.2) is 5.58 Å². The number of para-hydroxylation sites is 2. The first-order chi connectivity index (χ1) is 14.2. The van der Waals surface area contributed by atoms with E-state index in [1.807, 2.05) is 42.5 Å². The Kier molecular flexibility index (Phi) is 5.63. The lowest BCUT2D eigenvalue weighted by Gasteiger charge is -2.08. The van der Waals surface area contributed by atoms with Gasteiger partial charge in [0.25, 0.3) is 5.22 Å². The van der Waals surface area contributed by atoms with Crippen LogP contribution in [0, 0.1) is 0 Å². The van der Waals surface area contributed by atoms with Crippen LogP contribution in [-0.2, 0) is 11.4 Å². The number of hydrogen-bond acceptors (Lipinski definition) is 6. The molecule has 0 radical (unpaired) electrons. The third-order valence-electron chi connectivity index (χ3n) is 4.10. The van der Waals surface area contributed by atoms with Crippen molar-refractivity contribution in [1.82, 2.24) is 4.98 Å². The molecule has 144 valence electrons. The Hall–Kier alpha value is -3.51. The van der Waals surface area contributed by atoms with Gasteiger partial charge in [0.05, 0.1) is 5.97 Å². The molecule has 0 unspecified atom stereocenters. The zero-order chi connectivity index (χ0) is 20.1. The molecule has 1 aromatic heterocycles. The van der Waals surface area contributed by atoms with E-state index < -0.39 is 5.97 Å². The number of carbonyl (C=O) groups excluding carboxylic acids is 1. The van der Waals surface area contributed by atoms with Crippen LogP contribution in [-0.4, -0.2) is 11.0 Å². The number of fused-ring (bicyclic) bond motifs is 1. The number of thioether (sulfide) groups is 1. The van der Waals surface area contributed by atoms with Gasteiger partial charge in [-0.15, -0.1) is 0 Å². The summed E-state index contributed by atoms with van der Waals surface area (Å²) in [5.41, 5.74) is 3.06. The third-order valence-corrected chi connectivity index (χ3v) is 4.95. The number of ether oxygens (including phenoxy) is 1. The van der Waals surface area contributed by atoms with E-state index in [4.69, 9.17) is 9.15 Å². The second-order valence-electron chi connectivity index (χ2n) is 6.19. The number of carbonyl (C=O) groups is 1. The zero-order valence-corrected chi connectivity index (χ0v) is 16.1. The minimum Gasteiger partial charge on any atom is -0.544 e. The third kappa shape index (κ3) is 4.86. The average molecular weight is 402 g/mol. The Labute approximate surface area is 171 Å². The summed E-state index contributed by atoms with van der Waals surface area (Å²) in [4.78, 5) is 15.9. The van der Waals surface area contributed by atoms with Gasteiger partial charge in [-0.3, -0.25) is 0 Å². The van der Waals surface area contributed by atoms with Gasteiger partial charge in [-0.1, -0.05) is 54.6 Å². The zero-order valence-electron chi connectivity index (χ0n) is 15.3. The molecule has 29 heavy (non-hydrogen) atoms. The van der Waals surface area contributed by atoms with Crippen LogP contribution in [0.4, 0.5) is 0 Å². The Bertz CT molecular complexity index is 1120. The molecule has 0 saturated carbocycles. The van der Waals surface area contributed by atoms with Crippen molar-refractivity contribution in [1.29, 1.82) is 0 Å². The van der Waals surface area contributed by atoms with Crippen LogP contribution in [0.3, 0.4) is 0 Å². The molecule has 0 aliphatic carbocycles. The topological polar surface area (TPSA) is 75.4 Å². The molecule has 5 nitrogen and oxygen atoms in total. The van der Waals surface area contributed by atoms with E-state index >= 15 is 0 Å². The molecular formula is C23H16NO4S-. The molecule has 1 heterocycles. The molecule has 4 aromatic rings. The van der Waals surface area contributed by atoms with Crippen molar-refractivity contribution < 1.29 is 19.1 Å². The van der Waals surface area contributed by atoms with Crippen LogP contribution in [0.1, 0.15) is 11.1 Å². The number of aliphatic carboxylic acids is 1. The maximum Gasteiger partial charge on any atom is 0.261 e. The minimum absolute atomic E-state index is 0.00881. The van der Waals surface area contributed by atoms with Crippen LogP contribution in [0.25, 0.3) is 17.2 Å². The van der Waals surface area contributed by atoms with E-state index in [9.17, 15) is 9.90 Å². The van der Waals surface area contributed by atoms with Gasteiger partial charge >= 0.3 is 0 Å². The molecule has 4 rings (SSSR count). The van der Waals surface area contributed by atoms with Gasteiger partial charge in [-0.05, 0) is 53.2 Å². The number of nitrogens with zero attached hydrogens (tertiary/aromatic N) is 1. The molecule has 0 bridgehead atoms. The molecule has 0 aliphatic heterocycles. The Balaban J connectivity index is 1.47. The number of carboxylic acid groups (broad SMARTS) is 1. The molecule has 0 N–H and O–H groups in total. The summed E-state index contributed by atoms with van der Waals surface area (Å²) >= 11 is 0.919. The largest absolute Gasteiger partial charge is 0.544 e. The highest BCUT2D eigenvalue weighted by atomic mass is 32.2. The Morgan fingerprint density at radius 3 is 2.45 bits per heavy atom. The Morgan fingerprint density at radius 1 is 1.00 bits per heavy atom. The molecule has 0 saturated heterocycles. The first-order valence-electron chi connectivity index (χ1n) is 8.91. The summed E-state index contributed by atoms with van der Waals surface area (Å²) in [5, 5.41) is 11.8. The molecule has 0 aliphatic rings. The fraction of sp³-hybridized carbons (Fsp3) is 0.0435. The number of rotatable bonds is 7. The Morgan fingerprint density at radius 2 is 1.72 bits per heavy atom. The SMILES string of the molecule is O=C([O-])/C(=C\c1ccc(OCc2ccccc2)cc1)Sc1nc2ccccc2o1. The second-order valence-corrected chi connectivity index (χ2v) is 7.18. The highest BCUT2D eigenvalue weighted by Gasteiger charge is 2.10. The summed E-state index contributed by atoms with van der Waals surface area (Å²) in [6, 6.07) is 24.3. The van der Waals surface area contributed by atoms with Gasteiger partial charge in [0.1, 0.15) is 17.9 Å². The van der Waals surface area contributed by atoms with Crippen molar-refractivity contribution in [3.63, 3.8) is 0 Å². The van der Waals surface area contributed by atoms with E-state index in [1.165, 1.54) is 6.08 Å². The van der Waals surface area contributed by atoms with Crippen molar-refractivity contribution in [3.8, 4) is 5.75 Å². The predicted octanol–water partition coefficient (Wildman–Crippen LogP) is 4.29. The van der Waals surface area contributed by atoms with Gasteiger partial charge in [-0.2, -0.15) is 0 Å². The minimum atomic E-state index is -1.29. The lowest BCUT2D eigenvalue weighted by Crippen LogP contribution is -2.22. The quantitative estimate of drug-likeness (QED) is 0.339. The number of aromatic nitrogens is 1. The number of hydrogen-bond donors (Lipinski definition) is 0. The van der Waals surface area contributed by atoms with Gasteiger partial charge in [0, 0.05) is 4.91 Å². The van der Waals surface area contributed by atoms with Crippen molar-refractivity contribution >= 4 is 34.9 Å². The van der Waals surface area contributed by atoms with Crippen LogP contribution in [0.15, 0.2) is 93.4 Å². The molecule has 3 aromatic carbocycles. The molecule has 0 spiro atoms. The second kappa shape index (κ2) is 8.67. The highest BCUT2D eigenvalue weighted by Crippen LogP contribution is 2.30. The molecule has 0 atom stereocenters. The normalized spacial score (nSPS) is 11.5. The summed E-state index contributed by atoms with van der Waals surface area (Å²) in [7, 11) is 0. The average Bonchev–Trinajstić information content (AvgIpc) is 3.16. The van der Waals surface area contributed by atoms with Crippen molar-refractivity contribution in [2.24, 2.45) is 0 Å². The summed E-state index contributed by atoms with van der Waals surface area (Å²) in [5.74, 6) is -0.589. The van der Waals surface area contributed by atoms with Crippen LogP contribution in [0.5, 0.6) is 5.75 Å². The van der Waals surface area contributed by atoms with Gasteiger partial charge < -0.3 is 19.1 Å². The molecular weight excluding hydrogens is 386 g/mol. The van der Waals surface area contributed by atoms with Crippen LogP contribution < -0.4 is 9.84 Å². The van der Waals surface area contributed by atoms with Crippen molar-refractivity contribution in [2.45, 2.75) is 11.8 Å². The summed E-state index contributed by atoms with van der Waals surface area (Å²) in [6.07, 6.45) is 1.52. The van der Waals surface area contributed by atoms with Crippen molar-refractivity contribution in [2.75, 3.05) is 0 Å². The maximum absolute atomic E-state index is 11.6. The smallest absolute Gasteiger partial charge is 0.261 e. The predicted molar refractivity (Wildman–Crippen MR) is 110 cm³/mol. The lowest BCUT2D eigenvalue weighted by atomic mass is 10.2. The lowest BCUT2D eigenvalue weighted by molar-refractivity contribution is -0.298. The number of carboxylic acids is 1. The van der Waals surface area contributed by atoms with Gasteiger partial charge in [0.2, 0.25) is 0 Å². The molecule has 0 amide bonds. The van der Waals surface area contributed by atoms with E-state index in [0.717, 1.165) is 17.3 Å². The monoisotopic (exact) mass is 402 g/mol. The van der Waals surface area contributed by atoms with Crippen LogP contribution >= 0.6 is 11.8 Å². The number of benzene rings is 3. The first-order valence-corrected chi connectivity index (χ1v) is 9.72. The van der Waals surface area contributed by atoms with Crippen molar-refractivity contribution in [3.05, 3.63) is 94.9 Å². The standard InChI is InChI=1S/C23H17NO4S/c25-22(26)21(29-23-24-19-8-4-5-9-20(19)28-23)14-16-10-12-18(13-11-16)27-15-17-6-2-1-3-7-17/h1-14H,15H2,(H,25,26)/p-1/b21-14+. The first kappa shape index (κ1) is 18.8. The molecule has 6 heteroatoms. The maximum atomic E-state index is 11.6. The van der Waals surface area contributed by atoms with Crippen LogP contribution in [0.2, 0.25) is 0 Å². The van der Waals surface area contributed by atoms with E-state index in [1.54, 1.807) is 36.4 Å². The molecule has 0 fully saturated rings. The van der Waals surface area contributed by atoms with E-state index in [0.29, 0.717) is 29.0 Å². The fourth-order valence-electron chi connectivity index (χ4n) is 2.67. The summed E-state index contributed by atoms with van der Waals surface area (Å²) < 4.78 is 11.3.